The molecule has 7 heteroatoms. The first-order valence-electron chi connectivity index (χ1n) is 9.40. The second-order valence-electron chi connectivity index (χ2n) is 6.86. The maximum absolute atomic E-state index is 12.1. The van der Waals surface area contributed by atoms with Crippen molar-refractivity contribution in [3.05, 3.63) is 65.7 Å². The lowest BCUT2D eigenvalue weighted by Crippen LogP contribution is -2.31. The Morgan fingerprint density at radius 3 is 2.24 bits per heavy atom. The van der Waals surface area contributed by atoms with Crippen LogP contribution in [-0.2, 0) is 19.1 Å². The van der Waals surface area contributed by atoms with Crippen LogP contribution >= 0.6 is 0 Å². The van der Waals surface area contributed by atoms with Gasteiger partial charge < -0.3 is 10.1 Å². The molecular weight excluding hydrogens is 372 g/mol. The minimum atomic E-state index is -0.651. The van der Waals surface area contributed by atoms with Crippen molar-refractivity contribution in [1.29, 1.82) is 0 Å². The number of esters is 1. The normalized spacial score (nSPS) is 14.6. The minimum absolute atomic E-state index is 0.138. The molecule has 1 atom stereocenters. The molecule has 0 aliphatic carbocycles. The number of hydrogen-bond acceptors (Lipinski definition) is 5. The summed E-state index contributed by atoms with van der Waals surface area (Å²) >= 11 is 0. The Balaban J connectivity index is 1.47. The lowest BCUT2D eigenvalue weighted by Gasteiger charge is -2.14. The van der Waals surface area contributed by atoms with E-state index in [4.69, 9.17) is 4.74 Å². The number of nitrogens with zero attached hydrogens (tertiary/aromatic N) is 1. The van der Waals surface area contributed by atoms with Crippen LogP contribution in [-0.4, -0.2) is 36.8 Å². The summed E-state index contributed by atoms with van der Waals surface area (Å²) in [5.41, 5.74) is 1.76. The molecule has 0 radical (unpaired) electrons. The molecule has 1 saturated heterocycles. The van der Waals surface area contributed by atoms with E-state index in [1.807, 2.05) is 37.3 Å². The third-order valence-electron chi connectivity index (χ3n) is 4.72. The Labute approximate surface area is 168 Å². The Hall–Kier alpha value is -3.48. The second-order valence-corrected chi connectivity index (χ2v) is 6.86. The monoisotopic (exact) mass is 394 g/mol. The van der Waals surface area contributed by atoms with E-state index in [9.17, 15) is 19.2 Å². The van der Waals surface area contributed by atoms with Gasteiger partial charge in [0.15, 0.2) is 6.61 Å². The van der Waals surface area contributed by atoms with Crippen molar-refractivity contribution in [3.63, 3.8) is 0 Å². The van der Waals surface area contributed by atoms with Crippen LogP contribution in [0.5, 0.6) is 0 Å². The summed E-state index contributed by atoms with van der Waals surface area (Å²) in [5, 5.41) is 2.75. The van der Waals surface area contributed by atoms with Gasteiger partial charge in [-0.3, -0.25) is 19.3 Å². The number of anilines is 1. The summed E-state index contributed by atoms with van der Waals surface area (Å²) < 4.78 is 5.04. The second kappa shape index (κ2) is 9.14. The summed E-state index contributed by atoms with van der Waals surface area (Å²) in [5.74, 6) is -1.41. The highest BCUT2D eigenvalue weighted by Crippen LogP contribution is 2.23. The van der Waals surface area contributed by atoms with Gasteiger partial charge in [0.1, 0.15) is 0 Å². The maximum Gasteiger partial charge on any atom is 0.338 e. The van der Waals surface area contributed by atoms with Crippen molar-refractivity contribution in [2.24, 2.45) is 0 Å². The molecule has 3 rings (SSSR count). The van der Waals surface area contributed by atoms with Crippen molar-refractivity contribution in [2.75, 3.05) is 18.1 Å². The molecule has 2 aromatic rings. The number of imide groups is 1. The molecular formula is C22H22N2O5. The van der Waals surface area contributed by atoms with Gasteiger partial charge in [0.2, 0.25) is 11.8 Å². The van der Waals surface area contributed by atoms with Crippen molar-refractivity contribution < 1.29 is 23.9 Å². The quantitative estimate of drug-likeness (QED) is 0.575. The molecule has 1 N–H and O–H groups in total. The van der Waals surface area contributed by atoms with E-state index in [1.54, 1.807) is 0 Å². The van der Waals surface area contributed by atoms with Crippen LogP contribution in [0.15, 0.2) is 54.6 Å². The molecule has 1 heterocycles. The van der Waals surface area contributed by atoms with Gasteiger partial charge in [0.05, 0.1) is 11.3 Å². The van der Waals surface area contributed by atoms with E-state index in [-0.39, 0.29) is 48.7 Å². The number of benzene rings is 2. The summed E-state index contributed by atoms with van der Waals surface area (Å²) in [4.78, 5) is 48.7. The molecule has 0 saturated carbocycles. The fourth-order valence-corrected chi connectivity index (χ4v) is 3.04. The predicted molar refractivity (Wildman–Crippen MR) is 106 cm³/mol. The molecule has 150 valence electrons. The van der Waals surface area contributed by atoms with E-state index < -0.39 is 5.97 Å². The number of nitrogens with one attached hydrogen (secondary N) is 1. The van der Waals surface area contributed by atoms with Gasteiger partial charge in [-0.1, -0.05) is 37.3 Å². The first-order valence-corrected chi connectivity index (χ1v) is 9.40. The Morgan fingerprint density at radius 2 is 1.62 bits per heavy atom. The largest absolute Gasteiger partial charge is 0.452 e. The van der Waals surface area contributed by atoms with E-state index in [0.717, 1.165) is 10.5 Å². The number of carbonyl (C=O) groups is 4. The highest BCUT2D eigenvalue weighted by atomic mass is 16.5. The Kier molecular flexibility index (Phi) is 6.39. The van der Waals surface area contributed by atoms with Gasteiger partial charge in [-0.25, -0.2) is 4.79 Å². The zero-order valence-corrected chi connectivity index (χ0v) is 16.1. The number of rotatable bonds is 7. The Bertz CT molecular complexity index is 893. The molecule has 0 aromatic heterocycles. The first kappa shape index (κ1) is 20.3. The SMILES string of the molecule is C[C@H](CNC(=O)COC(=O)c1ccc(N2C(=O)CCC2=O)cc1)c1ccccc1. The van der Waals surface area contributed by atoms with Crippen LogP contribution in [0, 0.1) is 0 Å². The maximum atomic E-state index is 12.1. The highest BCUT2D eigenvalue weighted by Gasteiger charge is 2.30. The topological polar surface area (TPSA) is 92.8 Å². The van der Waals surface area contributed by atoms with E-state index >= 15 is 0 Å². The molecule has 7 nitrogen and oxygen atoms in total. The highest BCUT2D eigenvalue weighted by molar-refractivity contribution is 6.19. The van der Waals surface area contributed by atoms with E-state index in [1.165, 1.54) is 24.3 Å². The van der Waals surface area contributed by atoms with Crippen molar-refractivity contribution in [1.82, 2.24) is 5.32 Å². The lowest BCUT2D eigenvalue weighted by atomic mass is 10.0. The van der Waals surface area contributed by atoms with Crippen LogP contribution < -0.4 is 10.2 Å². The van der Waals surface area contributed by atoms with E-state index in [2.05, 4.69) is 5.32 Å². The van der Waals surface area contributed by atoms with Gasteiger partial charge >= 0.3 is 5.97 Å². The average molecular weight is 394 g/mol. The van der Waals surface area contributed by atoms with Gasteiger partial charge in [0, 0.05) is 19.4 Å². The third-order valence-corrected chi connectivity index (χ3v) is 4.72. The molecule has 3 amide bonds. The van der Waals surface area contributed by atoms with Crippen LogP contribution in [0.3, 0.4) is 0 Å². The smallest absolute Gasteiger partial charge is 0.338 e. The Morgan fingerprint density at radius 1 is 1.00 bits per heavy atom. The summed E-state index contributed by atoms with van der Waals surface area (Å²) in [7, 11) is 0. The summed E-state index contributed by atoms with van der Waals surface area (Å²) in [6.45, 7) is 2.05. The van der Waals surface area contributed by atoms with Crippen LogP contribution in [0.4, 0.5) is 5.69 Å². The minimum Gasteiger partial charge on any atom is -0.452 e. The molecule has 1 aliphatic rings. The molecule has 1 fully saturated rings. The van der Waals surface area contributed by atoms with Crippen molar-refractivity contribution in [2.45, 2.75) is 25.7 Å². The summed E-state index contributed by atoms with van der Waals surface area (Å²) in [6.07, 6.45) is 0.390. The first-order chi connectivity index (χ1) is 14.0. The summed E-state index contributed by atoms with van der Waals surface area (Å²) in [6, 6.07) is 15.7. The molecule has 29 heavy (non-hydrogen) atoms. The van der Waals surface area contributed by atoms with Gasteiger partial charge in [0.25, 0.3) is 5.91 Å². The average Bonchev–Trinajstić information content (AvgIpc) is 3.09. The number of amides is 3. The fourth-order valence-electron chi connectivity index (χ4n) is 3.04. The standard InChI is InChI=1S/C22H22N2O5/c1-15(16-5-3-2-4-6-16)13-23-19(25)14-29-22(28)17-7-9-18(10-8-17)24-20(26)11-12-21(24)27/h2-10,15H,11-14H2,1H3,(H,23,25)/t15-/m1/s1. The van der Waals surface area contributed by atoms with Gasteiger partial charge in [-0.05, 0) is 35.7 Å². The number of ether oxygens (including phenoxy) is 1. The van der Waals surface area contributed by atoms with Crippen LogP contribution in [0.2, 0.25) is 0 Å². The van der Waals surface area contributed by atoms with Crippen LogP contribution in [0.25, 0.3) is 0 Å². The van der Waals surface area contributed by atoms with E-state index in [0.29, 0.717) is 12.2 Å². The zero-order valence-electron chi connectivity index (χ0n) is 16.1. The number of hydrogen-bond donors (Lipinski definition) is 1. The molecule has 1 aliphatic heterocycles. The molecule has 0 spiro atoms. The van der Waals surface area contributed by atoms with Crippen molar-refractivity contribution >= 4 is 29.4 Å². The van der Waals surface area contributed by atoms with Gasteiger partial charge in [-0.2, -0.15) is 0 Å². The van der Waals surface area contributed by atoms with Gasteiger partial charge in [-0.15, -0.1) is 0 Å². The molecule has 0 bridgehead atoms. The molecule has 0 unspecified atom stereocenters. The third kappa shape index (κ3) is 5.07. The lowest BCUT2D eigenvalue weighted by molar-refractivity contribution is -0.124. The fraction of sp³-hybridized carbons (Fsp3) is 0.273. The number of carbonyl (C=O) groups excluding carboxylic acids is 4. The molecule has 2 aromatic carbocycles. The van der Waals surface area contributed by atoms with Crippen LogP contribution in [0.1, 0.15) is 41.6 Å². The van der Waals surface area contributed by atoms with Crippen molar-refractivity contribution in [3.8, 4) is 0 Å². The predicted octanol–water partition coefficient (Wildman–Crippen LogP) is 2.42. The zero-order chi connectivity index (χ0) is 20.8.